The lowest BCUT2D eigenvalue weighted by atomic mass is 10.2. The minimum Gasteiger partial charge on any atom is -0.223 e. The average Bonchev–Trinajstić information content (AvgIpc) is 3.03. The average molecular weight is 406 g/mol. The van der Waals surface area contributed by atoms with Crippen LogP contribution in [-0.4, -0.2) is 39.5 Å². The summed E-state index contributed by atoms with van der Waals surface area (Å²) >= 11 is 6.82. The summed E-state index contributed by atoms with van der Waals surface area (Å²) in [6, 6.07) is 11.3. The maximum Gasteiger partial charge on any atom is 0.252 e. The lowest BCUT2D eigenvalue weighted by Crippen LogP contribution is -2.42. The van der Waals surface area contributed by atoms with Crippen molar-refractivity contribution in [2.75, 3.05) is 13.1 Å². The molecular weight excluding hydrogens is 390 g/mol. The largest absolute Gasteiger partial charge is 0.252 e. The normalized spacial score (nSPS) is 17.9. The van der Waals surface area contributed by atoms with Gasteiger partial charge in [-0.1, -0.05) is 29.8 Å². The van der Waals surface area contributed by atoms with E-state index in [1.165, 1.54) is 10.4 Å². The second-order valence-electron chi connectivity index (χ2n) is 5.52. The summed E-state index contributed by atoms with van der Waals surface area (Å²) in [5.41, 5.74) is 0. The van der Waals surface area contributed by atoms with Gasteiger partial charge in [-0.3, -0.25) is 0 Å². The zero-order chi connectivity index (χ0) is 17.4. The first-order valence-corrected chi connectivity index (χ1v) is 11.5. The molecule has 24 heavy (non-hydrogen) atoms. The summed E-state index contributed by atoms with van der Waals surface area (Å²) in [5.74, 6) is 0. The Morgan fingerprint density at radius 1 is 0.958 bits per heavy atom. The van der Waals surface area contributed by atoms with Crippen LogP contribution >= 0.6 is 22.9 Å². The van der Waals surface area contributed by atoms with Crippen LogP contribution in [0.25, 0.3) is 0 Å². The molecule has 0 bridgehead atoms. The van der Waals surface area contributed by atoms with Crippen molar-refractivity contribution in [3.8, 4) is 0 Å². The van der Waals surface area contributed by atoms with Gasteiger partial charge in [0.05, 0.1) is 14.5 Å². The molecule has 1 aliphatic rings. The second kappa shape index (κ2) is 6.76. The number of hydrogen-bond donors (Lipinski definition) is 0. The van der Waals surface area contributed by atoms with E-state index in [-0.39, 0.29) is 35.0 Å². The summed E-state index contributed by atoms with van der Waals surface area (Å²) < 4.78 is 52.3. The first-order valence-electron chi connectivity index (χ1n) is 7.36. The topological polar surface area (TPSA) is 71.5 Å². The van der Waals surface area contributed by atoms with Gasteiger partial charge in [-0.15, -0.1) is 11.3 Å². The summed E-state index contributed by atoms with van der Waals surface area (Å²) in [6.07, 6.45) is 0.575. The number of benzene rings is 1. The molecule has 0 saturated carbocycles. The maximum absolute atomic E-state index is 12.6. The van der Waals surface area contributed by atoms with Crippen molar-refractivity contribution in [1.82, 2.24) is 4.31 Å². The quantitative estimate of drug-likeness (QED) is 0.783. The van der Waals surface area contributed by atoms with E-state index in [0.717, 1.165) is 11.3 Å². The number of sulfonamides is 1. The van der Waals surface area contributed by atoms with Crippen molar-refractivity contribution in [2.45, 2.75) is 27.2 Å². The highest BCUT2D eigenvalue weighted by Gasteiger charge is 2.36. The van der Waals surface area contributed by atoms with Crippen LogP contribution in [0, 0.1) is 0 Å². The molecule has 0 N–H and O–H groups in total. The molecule has 0 atom stereocenters. The first kappa shape index (κ1) is 17.9. The number of hydrogen-bond acceptors (Lipinski definition) is 5. The van der Waals surface area contributed by atoms with Crippen LogP contribution < -0.4 is 0 Å². The lowest BCUT2D eigenvalue weighted by molar-refractivity contribution is 0.346. The second-order valence-corrected chi connectivity index (χ2v) is 11.6. The Morgan fingerprint density at radius 3 is 2.12 bits per heavy atom. The van der Waals surface area contributed by atoms with Crippen molar-refractivity contribution < 1.29 is 16.8 Å². The van der Waals surface area contributed by atoms with E-state index in [2.05, 4.69) is 0 Å². The Bertz CT molecular complexity index is 915. The highest BCUT2D eigenvalue weighted by Crippen LogP contribution is 2.31. The van der Waals surface area contributed by atoms with E-state index in [1.807, 2.05) is 0 Å². The number of sulfone groups is 1. The smallest absolute Gasteiger partial charge is 0.223 e. The van der Waals surface area contributed by atoms with E-state index in [1.54, 1.807) is 36.4 Å². The summed E-state index contributed by atoms with van der Waals surface area (Å²) in [5, 5.41) is -0.557. The van der Waals surface area contributed by atoms with Gasteiger partial charge in [-0.05, 0) is 37.1 Å². The van der Waals surface area contributed by atoms with E-state index < -0.39 is 25.1 Å². The predicted octanol–water partition coefficient (Wildman–Crippen LogP) is 3.03. The Kier molecular flexibility index (Phi) is 5.04. The zero-order valence-corrected chi connectivity index (χ0v) is 15.8. The SMILES string of the molecule is O=S(=O)(c1ccccc1)C1CCN(S(=O)(=O)c2ccc(Cl)s2)CC1. The van der Waals surface area contributed by atoms with E-state index in [9.17, 15) is 16.8 Å². The van der Waals surface area contributed by atoms with E-state index in [4.69, 9.17) is 11.6 Å². The van der Waals surface area contributed by atoms with Crippen molar-refractivity contribution in [2.24, 2.45) is 0 Å². The van der Waals surface area contributed by atoms with Gasteiger partial charge in [-0.2, -0.15) is 4.31 Å². The van der Waals surface area contributed by atoms with Crippen molar-refractivity contribution in [3.05, 3.63) is 46.8 Å². The fraction of sp³-hybridized carbons (Fsp3) is 0.333. The molecule has 3 rings (SSSR count). The fourth-order valence-corrected chi connectivity index (χ4v) is 7.61. The summed E-state index contributed by atoms with van der Waals surface area (Å²) in [6.45, 7) is 0.378. The monoisotopic (exact) mass is 405 g/mol. The third kappa shape index (κ3) is 3.39. The number of halogens is 1. The van der Waals surface area contributed by atoms with Crippen LogP contribution in [0.1, 0.15) is 12.8 Å². The molecule has 1 aromatic heterocycles. The highest BCUT2D eigenvalue weighted by atomic mass is 35.5. The molecule has 2 aromatic rings. The summed E-state index contributed by atoms with van der Waals surface area (Å²) in [4.78, 5) is 0.288. The zero-order valence-electron chi connectivity index (χ0n) is 12.6. The van der Waals surface area contributed by atoms with Crippen LogP contribution in [0.4, 0.5) is 0 Å². The molecule has 5 nitrogen and oxygen atoms in total. The number of thiophene rings is 1. The van der Waals surface area contributed by atoms with E-state index >= 15 is 0 Å². The molecule has 1 aliphatic heterocycles. The minimum absolute atomic E-state index is 0.189. The molecule has 0 unspecified atom stereocenters. The molecule has 2 heterocycles. The van der Waals surface area contributed by atoms with Gasteiger partial charge >= 0.3 is 0 Å². The van der Waals surface area contributed by atoms with Gasteiger partial charge in [-0.25, -0.2) is 16.8 Å². The molecule has 0 aliphatic carbocycles. The van der Waals surface area contributed by atoms with Crippen molar-refractivity contribution >= 4 is 42.8 Å². The lowest BCUT2D eigenvalue weighted by Gasteiger charge is -2.30. The van der Waals surface area contributed by atoms with Gasteiger partial charge in [0.25, 0.3) is 10.0 Å². The minimum atomic E-state index is -3.60. The van der Waals surface area contributed by atoms with E-state index in [0.29, 0.717) is 4.34 Å². The Balaban J connectivity index is 1.74. The number of piperidine rings is 1. The molecule has 0 spiro atoms. The van der Waals surface area contributed by atoms with Crippen LogP contribution in [-0.2, 0) is 19.9 Å². The Hall–Kier alpha value is -0.930. The highest BCUT2D eigenvalue weighted by molar-refractivity contribution is 7.92. The van der Waals surface area contributed by atoms with Crippen molar-refractivity contribution in [3.63, 3.8) is 0 Å². The first-order chi connectivity index (χ1) is 11.3. The third-order valence-electron chi connectivity index (χ3n) is 4.05. The van der Waals surface area contributed by atoms with Crippen LogP contribution in [0.3, 0.4) is 0 Å². The van der Waals surface area contributed by atoms with Gasteiger partial charge in [0.1, 0.15) is 4.21 Å². The molecule has 0 amide bonds. The third-order valence-corrected chi connectivity index (χ3v) is 9.93. The Labute approximate surface area is 150 Å². The van der Waals surface area contributed by atoms with Gasteiger partial charge in [0, 0.05) is 13.1 Å². The molecule has 1 aromatic carbocycles. The number of rotatable bonds is 4. The standard InChI is InChI=1S/C15H16ClNO4S3/c16-14-6-7-15(22-14)24(20,21)17-10-8-13(9-11-17)23(18,19)12-4-2-1-3-5-12/h1-7,13H,8-11H2. The van der Waals surface area contributed by atoms with Gasteiger partial charge in [0.15, 0.2) is 9.84 Å². The Morgan fingerprint density at radius 2 is 1.58 bits per heavy atom. The molecule has 130 valence electrons. The molecular formula is C15H16ClNO4S3. The molecule has 0 radical (unpaired) electrons. The number of nitrogens with zero attached hydrogens (tertiary/aromatic N) is 1. The predicted molar refractivity (Wildman–Crippen MR) is 94.7 cm³/mol. The van der Waals surface area contributed by atoms with Crippen LogP contribution in [0.2, 0.25) is 4.34 Å². The molecule has 1 fully saturated rings. The molecule has 1 saturated heterocycles. The fourth-order valence-electron chi connectivity index (χ4n) is 2.75. The van der Waals surface area contributed by atoms with Crippen LogP contribution in [0.5, 0.6) is 0 Å². The maximum atomic E-state index is 12.6. The van der Waals surface area contributed by atoms with Gasteiger partial charge in [0.2, 0.25) is 0 Å². The van der Waals surface area contributed by atoms with Crippen LogP contribution in [0.15, 0.2) is 51.6 Å². The summed E-state index contributed by atoms with van der Waals surface area (Å²) in [7, 11) is -7.03. The van der Waals surface area contributed by atoms with Gasteiger partial charge < -0.3 is 0 Å². The van der Waals surface area contributed by atoms with Crippen molar-refractivity contribution in [1.29, 1.82) is 0 Å². The molecule has 9 heteroatoms.